The Morgan fingerprint density at radius 1 is 1.30 bits per heavy atom. The molecule has 0 saturated carbocycles. The summed E-state index contributed by atoms with van der Waals surface area (Å²) in [4.78, 5) is 0. The Labute approximate surface area is 121 Å². The van der Waals surface area contributed by atoms with Crippen LogP contribution in [0.3, 0.4) is 0 Å². The molecule has 0 amide bonds. The van der Waals surface area contributed by atoms with Gasteiger partial charge < -0.3 is 15.5 Å². The number of nitrogens with zero attached hydrogens (tertiary/aromatic N) is 1. The zero-order valence-electron chi connectivity index (χ0n) is 12.4. The molecular formula is C16H24N2O2. The fraction of sp³-hybridized carbons (Fsp3) is 0.562. The van der Waals surface area contributed by atoms with Crippen molar-refractivity contribution in [1.29, 1.82) is 5.26 Å². The lowest BCUT2D eigenvalue weighted by Gasteiger charge is -2.26. The van der Waals surface area contributed by atoms with E-state index in [2.05, 4.69) is 19.2 Å². The van der Waals surface area contributed by atoms with E-state index in [0.29, 0.717) is 31.0 Å². The lowest BCUT2D eigenvalue weighted by atomic mass is 9.94. The van der Waals surface area contributed by atoms with Gasteiger partial charge in [0.15, 0.2) is 0 Å². The van der Waals surface area contributed by atoms with E-state index in [1.807, 2.05) is 6.07 Å². The SMILES string of the molecule is CC(C)CC(C)(O)CNCC(O)c1ccc(C#N)cc1. The number of hydrogen-bond acceptors (Lipinski definition) is 4. The highest BCUT2D eigenvalue weighted by Gasteiger charge is 2.21. The third kappa shape index (κ3) is 5.70. The van der Waals surface area contributed by atoms with Crippen LogP contribution in [-0.2, 0) is 0 Å². The van der Waals surface area contributed by atoms with E-state index in [1.165, 1.54) is 0 Å². The van der Waals surface area contributed by atoms with Gasteiger partial charge in [-0.3, -0.25) is 0 Å². The van der Waals surface area contributed by atoms with Crippen LogP contribution in [0.1, 0.15) is 44.4 Å². The third-order valence-corrected chi connectivity index (χ3v) is 3.12. The Bertz CT molecular complexity index is 447. The summed E-state index contributed by atoms with van der Waals surface area (Å²) >= 11 is 0. The van der Waals surface area contributed by atoms with E-state index in [4.69, 9.17) is 5.26 Å². The molecule has 1 aromatic carbocycles. The highest BCUT2D eigenvalue weighted by atomic mass is 16.3. The summed E-state index contributed by atoms with van der Waals surface area (Å²) in [7, 11) is 0. The smallest absolute Gasteiger partial charge is 0.0991 e. The molecule has 4 nitrogen and oxygen atoms in total. The molecule has 110 valence electrons. The second-order valence-electron chi connectivity index (χ2n) is 5.98. The molecule has 1 rings (SSSR count). The van der Waals surface area contributed by atoms with E-state index >= 15 is 0 Å². The molecule has 0 aliphatic rings. The summed E-state index contributed by atoms with van der Waals surface area (Å²) < 4.78 is 0. The highest BCUT2D eigenvalue weighted by Crippen LogP contribution is 2.16. The third-order valence-electron chi connectivity index (χ3n) is 3.12. The molecule has 0 bridgehead atoms. The molecule has 0 aromatic heterocycles. The van der Waals surface area contributed by atoms with Crippen LogP contribution in [0.15, 0.2) is 24.3 Å². The van der Waals surface area contributed by atoms with Gasteiger partial charge in [-0.05, 0) is 37.0 Å². The highest BCUT2D eigenvalue weighted by molar-refractivity contribution is 5.32. The van der Waals surface area contributed by atoms with Crippen molar-refractivity contribution in [2.45, 2.75) is 38.9 Å². The van der Waals surface area contributed by atoms with Crippen LogP contribution in [0.25, 0.3) is 0 Å². The van der Waals surface area contributed by atoms with Gasteiger partial charge in [0.05, 0.1) is 23.3 Å². The van der Waals surface area contributed by atoms with Crippen LogP contribution in [0.5, 0.6) is 0 Å². The Hall–Kier alpha value is -1.41. The van der Waals surface area contributed by atoms with Gasteiger partial charge in [0.2, 0.25) is 0 Å². The molecule has 1 aromatic rings. The molecule has 2 atom stereocenters. The predicted molar refractivity (Wildman–Crippen MR) is 79.1 cm³/mol. The quantitative estimate of drug-likeness (QED) is 0.711. The lowest BCUT2D eigenvalue weighted by Crippen LogP contribution is -2.40. The molecule has 0 radical (unpaired) electrons. The number of aliphatic hydroxyl groups excluding tert-OH is 1. The minimum absolute atomic E-state index is 0.375. The molecule has 0 spiro atoms. The first-order valence-electron chi connectivity index (χ1n) is 6.95. The average molecular weight is 276 g/mol. The summed E-state index contributed by atoms with van der Waals surface area (Å²) in [6.45, 7) is 6.76. The Morgan fingerprint density at radius 2 is 1.90 bits per heavy atom. The number of aliphatic hydroxyl groups is 2. The Kier molecular flexibility index (Phi) is 6.15. The van der Waals surface area contributed by atoms with Gasteiger partial charge in [0.1, 0.15) is 0 Å². The number of nitrogens with one attached hydrogen (secondary N) is 1. The van der Waals surface area contributed by atoms with Crippen molar-refractivity contribution >= 4 is 0 Å². The summed E-state index contributed by atoms with van der Waals surface area (Å²) in [6.07, 6.45) is 0.0741. The first-order valence-corrected chi connectivity index (χ1v) is 6.95. The molecular weight excluding hydrogens is 252 g/mol. The van der Waals surface area contributed by atoms with E-state index < -0.39 is 11.7 Å². The molecule has 3 N–H and O–H groups in total. The molecule has 4 heteroatoms. The van der Waals surface area contributed by atoms with Crippen molar-refractivity contribution in [3.05, 3.63) is 35.4 Å². The second kappa shape index (κ2) is 7.39. The van der Waals surface area contributed by atoms with Crippen LogP contribution in [0, 0.1) is 17.2 Å². The summed E-state index contributed by atoms with van der Waals surface area (Å²) in [5.74, 6) is 0.426. The minimum atomic E-state index is -0.765. The van der Waals surface area contributed by atoms with Crippen molar-refractivity contribution < 1.29 is 10.2 Å². The number of hydrogen-bond donors (Lipinski definition) is 3. The van der Waals surface area contributed by atoms with E-state index in [9.17, 15) is 10.2 Å². The van der Waals surface area contributed by atoms with Crippen molar-refractivity contribution in [2.75, 3.05) is 13.1 Å². The Morgan fingerprint density at radius 3 is 2.40 bits per heavy atom. The topological polar surface area (TPSA) is 76.3 Å². The molecule has 0 aliphatic carbocycles. The van der Waals surface area contributed by atoms with Crippen LogP contribution in [0.4, 0.5) is 0 Å². The van der Waals surface area contributed by atoms with Gasteiger partial charge >= 0.3 is 0 Å². The number of rotatable bonds is 7. The summed E-state index contributed by atoms with van der Waals surface area (Å²) in [5, 5.41) is 32.0. The normalized spacial score (nSPS) is 15.7. The van der Waals surface area contributed by atoms with E-state index in [0.717, 1.165) is 5.56 Å². The van der Waals surface area contributed by atoms with Gasteiger partial charge in [0, 0.05) is 13.1 Å². The van der Waals surface area contributed by atoms with Crippen molar-refractivity contribution in [1.82, 2.24) is 5.32 Å². The maximum Gasteiger partial charge on any atom is 0.0991 e. The van der Waals surface area contributed by atoms with Crippen LogP contribution < -0.4 is 5.32 Å². The molecule has 0 aliphatic heterocycles. The predicted octanol–water partition coefficient (Wildman–Crippen LogP) is 1.98. The van der Waals surface area contributed by atoms with Crippen LogP contribution in [0.2, 0.25) is 0 Å². The maximum atomic E-state index is 10.2. The molecule has 20 heavy (non-hydrogen) atoms. The maximum absolute atomic E-state index is 10.2. The first-order chi connectivity index (χ1) is 9.34. The zero-order valence-corrected chi connectivity index (χ0v) is 12.4. The second-order valence-corrected chi connectivity index (χ2v) is 5.98. The fourth-order valence-corrected chi connectivity index (χ4v) is 2.33. The van der Waals surface area contributed by atoms with Crippen molar-refractivity contribution in [2.24, 2.45) is 5.92 Å². The number of benzene rings is 1. The van der Waals surface area contributed by atoms with Gasteiger partial charge in [-0.1, -0.05) is 26.0 Å². The lowest BCUT2D eigenvalue weighted by molar-refractivity contribution is 0.0352. The number of nitriles is 1. The summed E-state index contributed by atoms with van der Waals surface area (Å²) in [5.41, 5.74) is 0.576. The van der Waals surface area contributed by atoms with Gasteiger partial charge in [0.25, 0.3) is 0 Å². The van der Waals surface area contributed by atoms with E-state index in [1.54, 1.807) is 31.2 Å². The molecule has 0 heterocycles. The monoisotopic (exact) mass is 276 g/mol. The first kappa shape index (κ1) is 16.6. The van der Waals surface area contributed by atoms with Gasteiger partial charge in [-0.15, -0.1) is 0 Å². The molecule has 0 fully saturated rings. The molecule has 2 unspecified atom stereocenters. The molecule has 0 saturated heterocycles. The van der Waals surface area contributed by atoms with E-state index in [-0.39, 0.29) is 0 Å². The minimum Gasteiger partial charge on any atom is -0.389 e. The van der Waals surface area contributed by atoms with Gasteiger partial charge in [-0.25, -0.2) is 0 Å². The van der Waals surface area contributed by atoms with Gasteiger partial charge in [-0.2, -0.15) is 5.26 Å². The van der Waals surface area contributed by atoms with Crippen LogP contribution in [-0.4, -0.2) is 28.9 Å². The summed E-state index contributed by atoms with van der Waals surface area (Å²) in [6, 6.07) is 8.91. The standard InChI is InChI=1S/C16H24N2O2/c1-12(2)8-16(3,20)11-18-10-15(19)14-6-4-13(9-17)5-7-14/h4-7,12,15,18-20H,8,10-11H2,1-3H3. The average Bonchev–Trinajstić information content (AvgIpc) is 2.37. The Balaban J connectivity index is 2.43. The van der Waals surface area contributed by atoms with Crippen LogP contribution >= 0.6 is 0 Å². The van der Waals surface area contributed by atoms with Crippen molar-refractivity contribution in [3.8, 4) is 6.07 Å². The van der Waals surface area contributed by atoms with Crippen molar-refractivity contribution in [3.63, 3.8) is 0 Å². The fourth-order valence-electron chi connectivity index (χ4n) is 2.33. The largest absolute Gasteiger partial charge is 0.389 e. The zero-order chi connectivity index (χ0) is 15.2.